The lowest BCUT2D eigenvalue weighted by Gasteiger charge is -2.11. The Kier molecular flexibility index (Phi) is 3.92. The lowest BCUT2D eigenvalue weighted by molar-refractivity contribution is 0.601. The van der Waals surface area contributed by atoms with E-state index in [0.29, 0.717) is 16.5 Å². The van der Waals surface area contributed by atoms with E-state index in [-0.39, 0.29) is 4.90 Å². The van der Waals surface area contributed by atoms with Crippen LogP contribution in [0.4, 0.5) is 11.5 Å². The monoisotopic (exact) mass is 297 g/mol. The first-order valence-electron chi connectivity index (χ1n) is 5.44. The van der Waals surface area contributed by atoms with Crippen LogP contribution in [0.15, 0.2) is 47.5 Å². The molecule has 2 rings (SSSR count). The molecule has 0 spiro atoms. The second-order valence-electron chi connectivity index (χ2n) is 3.71. The van der Waals surface area contributed by atoms with Gasteiger partial charge in [-0.3, -0.25) is 4.72 Å². The molecule has 0 fully saturated rings. The fraction of sp³-hybridized carbons (Fsp3) is 0.0833. The van der Waals surface area contributed by atoms with Crippen molar-refractivity contribution in [1.29, 1.82) is 0 Å². The van der Waals surface area contributed by atoms with Crippen molar-refractivity contribution < 1.29 is 8.42 Å². The molecule has 0 aliphatic carbocycles. The zero-order chi connectivity index (χ0) is 13.9. The summed E-state index contributed by atoms with van der Waals surface area (Å²) in [6.07, 6.45) is 1.52. The summed E-state index contributed by atoms with van der Waals surface area (Å²) in [6.45, 7) is 0. The van der Waals surface area contributed by atoms with Crippen LogP contribution in [0.25, 0.3) is 0 Å². The van der Waals surface area contributed by atoms with E-state index in [1.54, 1.807) is 37.4 Å². The molecule has 100 valence electrons. The standard InChI is InChI=1S/C12H12ClN3O2S/c1-14-12-11(3-2-8-15-12)19(17,18)16-10-6-4-9(13)5-7-10/h2-8,16H,1H3,(H,14,15). The molecule has 19 heavy (non-hydrogen) atoms. The summed E-state index contributed by atoms with van der Waals surface area (Å²) in [5.41, 5.74) is 0.440. The molecule has 0 saturated carbocycles. The summed E-state index contributed by atoms with van der Waals surface area (Å²) in [4.78, 5) is 4.06. The van der Waals surface area contributed by atoms with Crippen LogP contribution in [0.5, 0.6) is 0 Å². The molecule has 2 aromatic rings. The molecular formula is C12H12ClN3O2S. The van der Waals surface area contributed by atoms with Gasteiger partial charge in [0.05, 0.1) is 0 Å². The number of hydrogen-bond acceptors (Lipinski definition) is 4. The minimum atomic E-state index is -3.69. The molecular weight excluding hydrogens is 286 g/mol. The molecule has 0 radical (unpaired) electrons. The average Bonchev–Trinajstić information content (AvgIpc) is 2.41. The Morgan fingerprint density at radius 1 is 1.16 bits per heavy atom. The first kappa shape index (κ1) is 13.6. The zero-order valence-electron chi connectivity index (χ0n) is 10.1. The highest BCUT2D eigenvalue weighted by Gasteiger charge is 2.18. The third-order valence-corrected chi connectivity index (χ3v) is 4.06. The predicted octanol–water partition coefficient (Wildman–Crippen LogP) is 2.58. The van der Waals surface area contributed by atoms with Crippen LogP contribution in [0.2, 0.25) is 5.02 Å². The van der Waals surface area contributed by atoms with Crippen molar-refractivity contribution in [2.45, 2.75) is 4.90 Å². The number of aromatic nitrogens is 1. The van der Waals surface area contributed by atoms with Crippen molar-refractivity contribution >= 4 is 33.1 Å². The number of benzene rings is 1. The van der Waals surface area contributed by atoms with E-state index >= 15 is 0 Å². The van der Waals surface area contributed by atoms with E-state index in [4.69, 9.17) is 11.6 Å². The SMILES string of the molecule is CNc1ncccc1S(=O)(=O)Nc1ccc(Cl)cc1. The fourth-order valence-corrected chi connectivity index (χ4v) is 2.87. The highest BCUT2D eigenvalue weighted by molar-refractivity contribution is 7.92. The maximum Gasteiger partial charge on any atom is 0.265 e. The second kappa shape index (κ2) is 5.46. The van der Waals surface area contributed by atoms with Crippen LogP contribution >= 0.6 is 11.6 Å². The molecule has 0 aliphatic heterocycles. The Bertz CT molecular complexity index is 672. The van der Waals surface area contributed by atoms with E-state index in [2.05, 4.69) is 15.0 Å². The second-order valence-corrected chi connectivity index (χ2v) is 5.80. The van der Waals surface area contributed by atoms with Gasteiger partial charge in [-0.1, -0.05) is 11.6 Å². The number of rotatable bonds is 4. The first-order chi connectivity index (χ1) is 9.03. The van der Waals surface area contributed by atoms with Crippen LogP contribution in [0.1, 0.15) is 0 Å². The topological polar surface area (TPSA) is 71.1 Å². The van der Waals surface area contributed by atoms with Crippen LogP contribution in [0.3, 0.4) is 0 Å². The Balaban J connectivity index is 2.35. The summed E-state index contributed by atoms with van der Waals surface area (Å²) in [6, 6.07) is 9.46. The average molecular weight is 298 g/mol. The summed E-state index contributed by atoms with van der Waals surface area (Å²) >= 11 is 5.75. The number of sulfonamides is 1. The van der Waals surface area contributed by atoms with Gasteiger partial charge >= 0.3 is 0 Å². The predicted molar refractivity (Wildman–Crippen MR) is 76.0 cm³/mol. The molecule has 7 heteroatoms. The summed E-state index contributed by atoms with van der Waals surface area (Å²) < 4.78 is 27.0. The number of hydrogen-bond donors (Lipinski definition) is 2. The van der Waals surface area contributed by atoms with Crippen molar-refractivity contribution in [1.82, 2.24) is 4.98 Å². The van der Waals surface area contributed by atoms with Crippen LogP contribution in [0, 0.1) is 0 Å². The highest BCUT2D eigenvalue weighted by atomic mass is 35.5. The zero-order valence-corrected chi connectivity index (χ0v) is 11.7. The number of nitrogens with one attached hydrogen (secondary N) is 2. The molecule has 0 saturated heterocycles. The van der Waals surface area contributed by atoms with Crippen LogP contribution < -0.4 is 10.0 Å². The van der Waals surface area contributed by atoms with Crippen molar-refractivity contribution in [2.75, 3.05) is 17.1 Å². The third kappa shape index (κ3) is 3.15. The quantitative estimate of drug-likeness (QED) is 0.910. The molecule has 5 nitrogen and oxygen atoms in total. The molecule has 1 aromatic heterocycles. The largest absolute Gasteiger partial charge is 0.372 e. The van der Waals surface area contributed by atoms with E-state index in [1.165, 1.54) is 12.3 Å². The maximum absolute atomic E-state index is 12.2. The van der Waals surface area contributed by atoms with E-state index in [0.717, 1.165) is 0 Å². The highest BCUT2D eigenvalue weighted by Crippen LogP contribution is 2.22. The summed E-state index contributed by atoms with van der Waals surface area (Å²) in [5, 5.41) is 3.29. The minimum absolute atomic E-state index is 0.0902. The molecule has 0 aliphatic rings. The van der Waals surface area contributed by atoms with Gasteiger partial charge in [0.2, 0.25) is 0 Å². The Hall–Kier alpha value is -1.79. The Labute approximate surface area is 116 Å². The number of pyridine rings is 1. The van der Waals surface area contributed by atoms with Gasteiger partial charge in [0.15, 0.2) is 0 Å². The normalized spacial score (nSPS) is 11.1. The van der Waals surface area contributed by atoms with Crippen molar-refractivity contribution in [2.24, 2.45) is 0 Å². The van der Waals surface area contributed by atoms with Gasteiger partial charge in [0.25, 0.3) is 10.0 Å². The number of nitrogens with zero attached hydrogens (tertiary/aromatic N) is 1. The maximum atomic E-state index is 12.2. The number of anilines is 2. The molecule has 0 bridgehead atoms. The van der Waals surface area contributed by atoms with E-state index in [9.17, 15) is 8.42 Å². The van der Waals surface area contributed by atoms with Crippen molar-refractivity contribution in [3.63, 3.8) is 0 Å². The van der Waals surface area contributed by atoms with Gasteiger partial charge in [0.1, 0.15) is 10.7 Å². The van der Waals surface area contributed by atoms with Crippen LogP contribution in [-0.2, 0) is 10.0 Å². The Morgan fingerprint density at radius 3 is 2.47 bits per heavy atom. The molecule has 0 unspecified atom stereocenters. The van der Waals surface area contributed by atoms with E-state index in [1.807, 2.05) is 0 Å². The lowest BCUT2D eigenvalue weighted by atomic mass is 10.3. The summed E-state index contributed by atoms with van der Waals surface area (Å²) in [5.74, 6) is 0.295. The van der Waals surface area contributed by atoms with Gasteiger partial charge in [-0.2, -0.15) is 0 Å². The first-order valence-corrected chi connectivity index (χ1v) is 7.30. The minimum Gasteiger partial charge on any atom is -0.372 e. The number of halogens is 1. The van der Waals surface area contributed by atoms with Crippen molar-refractivity contribution in [3.05, 3.63) is 47.6 Å². The van der Waals surface area contributed by atoms with Crippen molar-refractivity contribution in [3.8, 4) is 0 Å². The fourth-order valence-electron chi connectivity index (χ4n) is 1.52. The summed E-state index contributed by atoms with van der Waals surface area (Å²) in [7, 11) is -2.07. The smallest absolute Gasteiger partial charge is 0.265 e. The molecule has 0 atom stereocenters. The molecule has 0 amide bonds. The van der Waals surface area contributed by atoms with Crippen LogP contribution in [-0.4, -0.2) is 20.4 Å². The molecule has 1 heterocycles. The Morgan fingerprint density at radius 2 is 1.84 bits per heavy atom. The lowest BCUT2D eigenvalue weighted by Crippen LogP contribution is -2.15. The van der Waals surface area contributed by atoms with Gasteiger partial charge in [-0.15, -0.1) is 0 Å². The van der Waals surface area contributed by atoms with E-state index < -0.39 is 10.0 Å². The molecule has 2 N–H and O–H groups in total. The van der Waals surface area contributed by atoms with Gasteiger partial charge in [0, 0.05) is 24.0 Å². The van der Waals surface area contributed by atoms with Gasteiger partial charge < -0.3 is 5.32 Å². The van der Waals surface area contributed by atoms with Gasteiger partial charge in [-0.25, -0.2) is 13.4 Å². The van der Waals surface area contributed by atoms with Gasteiger partial charge in [-0.05, 0) is 36.4 Å². The third-order valence-electron chi connectivity index (χ3n) is 2.39. The molecule has 1 aromatic carbocycles.